The lowest BCUT2D eigenvalue weighted by molar-refractivity contribution is 0.0848. The van der Waals surface area contributed by atoms with Gasteiger partial charge in [-0.3, -0.25) is 4.79 Å². The largest absolute Gasteiger partial charge is 0.324 e. The summed E-state index contributed by atoms with van der Waals surface area (Å²) in [6.07, 6.45) is 5.15. The fourth-order valence-electron chi connectivity index (χ4n) is 1.65. The molecule has 90 valence electrons. The number of carbonyl (C=O) groups excluding carboxylic acids is 1. The summed E-state index contributed by atoms with van der Waals surface area (Å²) in [5.74, 6) is 0.0890. The van der Waals surface area contributed by atoms with E-state index in [0.29, 0.717) is 0 Å². The van der Waals surface area contributed by atoms with Crippen molar-refractivity contribution in [2.45, 2.75) is 19.4 Å². The Morgan fingerprint density at radius 2 is 1.88 bits per heavy atom. The van der Waals surface area contributed by atoms with Crippen LogP contribution in [0.1, 0.15) is 24.2 Å². The van der Waals surface area contributed by atoms with Gasteiger partial charge in [0.15, 0.2) is 5.78 Å². The number of carbonyl (C=O) groups is 1. The average Bonchev–Trinajstić information content (AvgIpc) is 2.83. The first-order chi connectivity index (χ1) is 7.62. The third-order valence-electron chi connectivity index (χ3n) is 2.74. The molecule has 0 atom stereocenters. The van der Waals surface area contributed by atoms with Gasteiger partial charge >= 0.3 is 0 Å². The number of ketones is 1. The van der Waals surface area contributed by atoms with Gasteiger partial charge in [0.2, 0.25) is 0 Å². The van der Waals surface area contributed by atoms with E-state index >= 15 is 0 Å². The normalized spacial score (nSPS) is 10.7. The van der Waals surface area contributed by atoms with Crippen molar-refractivity contribution in [2.75, 3.05) is 0 Å². The molecule has 0 saturated heterocycles. The minimum Gasteiger partial charge on any atom is -0.324 e. The molecule has 2 rings (SSSR count). The fourth-order valence-corrected chi connectivity index (χ4v) is 1.65. The van der Waals surface area contributed by atoms with Crippen LogP contribution >= 0.6 is 12.4 Å². The highest BCUT2D eigenvalue weighted by atomic mass is 35.5. The zero-order chi connectivity index (χ0) is 11.6. The van der Waals surface area contributed by atoms with E-state index in [9.17, 15) is 4.79 Å². The number of benzene rings is 1. The maximum absolute atomic E-state index is 12.3. The van der Waals surface area contributed by atoms with Crippen LogP contribution in [0.25, 0.3) is 0 Å². The van der Waals surface area contributed by atoms with E-state index < -0.39 is 5.54 Å². The summed E-state index contributed by atoms with van der Waals surface area (Å²) in [5.41, 5.74) is 0.124. The first kappa shape index (κ1) is 13.5. The van der Waals surface area contributed by atoms with E-state index in [-0.39, 0.29) is 18.2 Å². The molecule has 1 aromatic carbocycles. The van der Waals surface area contributed by atoms with Crippen molar-refractivity contribution in [3.63, 3.8) is 0 Å². The number of Topliss-reactive ketones (excluding diaryl/α,β-unsaturated/α-hetero) is 1. The van der Waals surface area contributed by atoms with Crippen LogP contribution in [0, 0.1) is 0 Å². The fraction of sp³-hybridized carbons (Fsp3) is 0.231. The Bertz CT molecular complexity index is 477. The topological polar surface area (TPSA) is 34.9 Å². The summed E-state index contributed by atoms with van der Waals surface area (Å²) in [6, 6.07) is 9.32. The Hall–Kier alpha value is -1.61. The molecule has 0 fully saturated rings. The van der Waals surface area contributed by atoms with E-state index in [0.717, 1.165) is 5.56 Å². The molecule has 4 heteroatoms. The van der Waals surface area contributed by atoms with Crippen molar-refractivity contribution in [3.05, 3.63) is 54.6 Å². The van der Waals surface area contributed by atoms with Gasteiger partial charge in [0.05, 0.1) is 6.33 Å². The summed E-state index contributed by atoms with van der Waals surface area (Å²) in [5, 5.41) is 0. The van der Waals surface area contributed by atoms with E-state index in [1.165, 1.54) is 0 Å². The van der Waals surface area contributed by atoms with Gasteiger partial charge in [-0.15, -0.1) is 12.4 Å². The van der Waals surface area contributed by atoms with Gasteiger partial charge in [-0.25, -0.2) is 4.98 Å². The van der Waals surface area contributed by atoms with Crippen LogP contribution in [-0.4, -0.2) is 15.3 Å². The van der Waals surface area contributed by atoms with Crippen LogP contribution in [0.3, 0.4) is 0 Å². The van der Waals surface area contributed by atoms with Crippen molar-refractivity contribution in [1.29, 1.82) is 0 Å². The lowest BCUT2D eigenvalue weighted by atomic mass is 9.93. The van der Waals surface area contributed by atoms with Crippen LogP contribution in [0.2, 0.25) is 0 Å². The summed E-state index contributed by atoms with van der Waals surface area (Å²) in [7, 11) is 0. The van der Waals surface area contributed by atoms with Gasteiger partial charge in [0, 0.05) is 18.0 Å². The molecule has 0 aliphatic rings. The molecule has 2 aromatic rings. The molecule has 0 aliphatic carbocycles. The zero-order valence-corrected chi connectivity index (χ0v) is 10.6. The number of halogens is 1. The van der Waals surface area contributed by atoms with Crippen LogP contribution in [0.15, 0.2) is 49.1 Å². The first-order valence-electron chi connectivity index (χ1n) is 5.20. The molecular formula is C13H15ClN2O. The third-order valence-corrected chi connectivity index (χ3v) is 2.74. The number of rotatable bonds is 3. The highest BCUT2D eigenvalue weighted by Gasteiger charge is 2.29. The number of imidazole rings is 1. The van der Waals surface area contributed by atoms with Crippen molar-refractivity contribution in [3.8, 4) is 0 Å². The van der Waals surface area contributed by atoms with Crippen molar-refractivity contribution < 1.29 is 4.79 Å². The second-order valence-electron chi connectivity index (χ2n) is 4.22. The van der Waals surface area contributed by atoms with E-state index in [1.54, 1.807) is 18.7 Å². The predicted octanol–water partition coefficient (Wildman–Crippen LogP) is 2.92. The van der Waals surface area contributed by atoms with Crippen LogP contribution in [0.4, 0.5) is 0 Å². The smallest absolute Gasteiger partial charge is 0.188 e. The molecule has 0 unspecified atom stereocenters. The van der Waals surface area contributed by atoms with Gasteiger partial charge in [-0.1, -0.05) is 30.3 Å². The van der Waals surface area contributed by atoms with E-state index in [1.807, 2.05) is 48.7 Å². The minimum atomic E-state index is -0.599. The number of nitrogens with zero attached hydrogens (tertiary/aromatic N) is 2. The Kier molecular flexibility index (Phi) is 4.07. The maximum Gasteiger partial charge on any atom is 0.188 e. The number of aromatic nitrogens is 2. The molecule has 1 aromatic heterocycles. The molecule has 0 spiro atoms. The average molecular weight is 251 g/mol. The van der Waals surface area contributed by atoms with Gasteiger partial charge in [0.25, 0.3) is 0 Å². The van der Waals surface area contributed by atoms with Crippen molar-refractivity contribution in [2.24, 2.45) is 0 Å². The summed E-state index contributed by atoms with van der Waals surface area (Å²) < 4.78 is 1.82. The summed E-state index contributed by atoms with van der Waals surface area (Å²) in [6.45, 7) is 3.79. The lowest BCUT2D eigenvalue weighted by Gasteiger charge is -2.24. The molecule has 0 N–H and O–H groups in total. The lowest BCUT2D eigenvalue weighted by Crippen LogP contribution is -2.35. The summed E-state index contributed by atoms with van der Waals surface area (Å²) in [4.78, 5) is 16.3. The van der Waals surface area contributed by atoms with Gasteiger partial charge in [-0.05, 0) is 13.8 Å². The second-order valence-corrected chi connectivity index (χ2v) is 4.22. The summed E-state index contributed by atoms with van der Waals surface area (Å²) >= 11 is 0. The van der Waals surface area contributed by atoms with Gasteiger partial charge in [0.1, 0.15) is 5.54 Å². The Labute approximate surface area is 107 Å². The third kappa shape index (κ3) is 2.56. The minimum absolute atomic E-state index is 0. The molecule has 0 radical (unpaired) electrons. The molecule has 3 nitrogen and oxygen atoms in total. The quantitative estimate of drug-likeness (QED) is 0.785. The predicted molar refractivity (Wildman–Crippen MR) is 69.6 cm³/mol. The maximum atomic E-state index is 12.3. The molecule has 0 amide bonds. The van der Waals surface area contributed by atoms with Gasteiger partial charge < -0.3 is 4.57 Å². The molecule has 17 heavy (non-hydrogen) atoms. The highest BCUT2D eigenvalue weighted by molar-refractivity contribution is 6.01. The van der Waals surface area contributed by atoms with Crippen LogP contribution < -0.4 is 0 Å². The Balaban J connectivity index is 0.00000144. The standard InChI is InChI=1S/C13H14N2O.ClH/c1-13(2,15-9-8-14-10-15)12(16)11-6-4-3-5-7-11;/h3-10H,1-2H3;1H. The van der Waals surface area contributed by atoms with Gasteiger partial charge in [-0.2, -0.15) is 0 Å². The number of hydrogen-bond donors (Lipinski definition) is 0. The Morgan fingerprint density at radius 3 is 2.41 bits per heavy atom. The first-order valence-corrected chi connectivity index (χ1v) is 5.20. The van der Waals surface area contributed by atoms with Crippen LogP contribution in [-0.2, 0) is 5.54 Å². The molecular weight excluding hydrogens is 236 g/mol. The molecule has 0 bridgehead atoms. The van der Waals surface area contributed by atoms with Crippen LogP contribution in [0.5, 0.6) is 0 Å². The highest BCUT2D eigenvalue weighted by Crippen LogP contribution is 2.20. The Morgan fingerprint density at radius 1 is 1.24 bits per heavy atom. The SMILES string of the molecule is CC(C)(C(=O)c1ccccc1)n1ccnc1.Cl. The monoisotopic (exact) mass is 250 g/mol. The van der Waals surface area contributed by atoms with Crippen molar-refractivity contribution in [1.82, 2.24) is 9.55 Å². The molecule has 0 aliphatic heterocycles. The number of hydrogen-bond acceptors (Lipinski definition) is 2. The second kappa shape index (κ2) is 5.15. The molecule has 1 heterocycles. The molecule has 0 saturated carbocycles. The zero-order valence-electron chi connectivity index (χ0n) is 9.83. The van der Waals surface area contributed by atoms with E-state index in [4.69, 9.17) is 0 Å². The van der Waals surface area contributed by atoms with Crippen molar-refractivity contribution >= 4 is 18.2 Å². The van der Waals surface area contributed by atoms with E-state index in [2.05, 4.69) is 4.98 Å².